The molecule has 0 spiro atoms. The second-order valence-corrected chi connectivity index (χ2v) is 4.40. The first kappa shape index (κ1) is 13.9. The van der Waals surface area contributed by atoms with Gasteiger partial charge >= 0.3 is 0 Å². The van der Waals surface area contributed by atoms with Gasteiger partial charge in [-0.15, -0.1) is 5.10 Å². The average molecular weight is 267 g/mol. The molecule has 0 saturated heterocycles. The smallest absolute Gasteiger partial charge is 0.243 e. The van der Waals surface area contributed by atoms with Gasteiger partial charge in [-0.2, -0.15) is 10.4 Å². The van der Waals surface area contributed by atoms with E-state index in [1.807, 2.05) is 25.1 Å². The molecule has 0 aliphatic heterocycles. The standard InChI is InChI=1S/C15H17N5/c1-3-13-14(4-2)19-20-15(18-13)17-10-12-7-5-6-11(8-12)9-16/h5-8H,3-4,10H2,1-2H3,(H,17,18,20). The maximum atomic E-state index is 8.87. The van der Waals surface area contributed by atoms with Crippen LogP contribution in [0.5, 0.6) is 0 Å². The molecule has 1 aromatic carbocycles. The van der Waals surface area contributed by atoms with Gasteiger partial charge in [0.05, 0.1) is 23.0 Å². The lowest BCUT2D eigenvalue weighted by Gasteiger charge is -2.08. The fourth-order valence-corrected chi connectivity index (χ4v) is 1.94. The monoisotopic (exact) mass is 267 g/mol. The van der Waals surface area contributed by atoms with Crippen molar-refractivity contribution < 1.29 is 0 Å². The Morgan fingerprint density at radius 1 is 1.15 bits per heavy atom. The molecule has 0 fully saturated rings. The molecule has 1 N–H and O–H groups in total. The summed E-state index contributed by atoms with van der Waals surface area (Å²) in [6.07, 6.45) is 1.69. The molecule has 0 radical (unpaired) electrons. The average Bonchev–Trinajstić information content (AvgIpc) is 2.52. The summed E-state index contributed by atoms with van der Waals surface area (Å²) in [4.78, 5) is 4.47. The zero-order valence-corrected chi connectivity index (χ0v) is 11.7. The second-order valence-electron chi connectivity index (χ2n) is 4.40. The Bertz CT molecular complexity index is 630. The number of anilines is 1. The fraction of sp³-hybridized carbons (Fsp3) is 0.333. The molecule has 1 heterocycles. The zero-order chi connectivity index (χ0) is 14.4. The molecule has 2 aromatic rings. The summed E-state index contributed by atoms with van der Waals surface area (Å²) in [6, 6.07) is 9.59. The molecule has 0 saturated carbocycles. The largest absolute Gasteiger partial charge is 0.349 e. The summed E-state index contributed by atoms with van der Waals surface area (Å²) in [6.45, 7) is 4.68. The Labute approximate surface area is 118 Å². The summed E-state index contributed by atoms with van der Waals surface area (Å²) < 4.78 is 0. The molecule has 102 valence electrons. The normalized spacial score (nSPS) is 10.1. The van der Waals surface area contributed by atoms with Gasteiger partial charge in [0.1, 0.15) is 0 Å². The highest BCUT2D eigenvalue weighted by atomic mass is 15.2. The van der Waals surface area contributed by atoms with Crippen LogP contribution in [-0.2, 0) is 19.4 Å². The number of aromatic nitrogens is 3. The van der Waals surface area contributed by atoms with Crippen LogP contribution in [0.25, 0.3) is 0 Å². The van der Waals surface area contributed by atoms with Gasteiger partial charge < -0.3 is 5.32 Å². The Morgan fingerprint density at radius 2 is 1.95 bits per heavy atom. The van der Waals surface area contributed by atoms with E-state index in [2.05, 4.69) is 33.5 Å². The van der Waals surface area contributed by atoms with E-state index in [-0.39, 0.29) is 0 Å². The van der Waals surface area contributed by atoms with Crippen molar-refractivity contribution >= 4 is 5.95 Å². The van der Waals surface area contributed by atoms with Gasteiger partial charge in [0.2, 0.25) is 5.95 Å². The van der Waals surface area contributed by atoms with Crippen LogP contribution in [0.2, 0.25) is 0 Å². The third kappa shape index (κ3) is 3.29. The number of aryl methyl sites for hydroxylation is 2. The maximum Gasteiger partial charge on any atom is 0.243 e. The third-order valence-corrected chi connectivity index (χ3v) is 3.02. The first-order valence-corrected chi connectivity index (χ1v) is 6.72. The van der Waals surface area contributed by atoms with E-state index in [4.69, 9.17) is 5.26 Å². The molecule has 0 aliphatic rings. The molecule has 0 atom stereocenters. The van der Waals surface area contributed by atoms with Crippen molar-refractivity contribution in [3.8, 4) is 6.07 Å². The Hall–Kier alpha value is -2.48. The van der Waals surface area contributed by atoms with E-state index in [1.165, 1.54) is 0 Å². The van der Waals surface area contributed by atoms with Crippen LogP contribution in [0.3, 0.4) is 0 Å². The van der Waals surface area contributed by atoms with Crippen molar-refractivity contribution in [3.05, 3.63) is 46.8 Å². The molecule has 0 unspecified atom stereocenters. The van der Waals surface area contributed by atoms with E-state index in [0.29, 0.717) is 18.1 Å². The predicted octanol–water partition coefficient (Wildman–Crippen LogP) is 2.48. The first-order chi connectivity index (χ1) is 9.76. The Kier molecular flexibility index (Phi) is 4.61. The number of rotatable bonds is 5. The van der Waals surface area contributed by atoms with E-state index in [0.717, 1.165) is 29.8 Å². The highest BCUT2D eigenvalue weighted by Gasteiger charge is 2.05. The molecular weight excluding hydrogens is 250 g/mol. The molecule has 20 heavy (non-hydrogen) atoms. The molecule has 2 rings (SSSR count). The van der Waals surface area contributed by atoms with Gasteiger partial charge in [0.15, 0.2) is 0 Å². The van der Waals surface area contributed by atoms with E-state index < -0.39 is 0 Å². The van der Waals surface area contributed by atoms with E-state index in [9.17, 15) is 0 Å². The zero-order valence-electron chi connectivity index (χ0n) is 11.7. The third-order valence-electron chi connectivity index (χ3n) is 3.02. The lowest BCUT2D eigenvalue weighted by Crippen LogP contribution is -2.09. The minimum Gasteiger partial charge on any atom is -0.349 e. The number of nitrogens with zero attached hydrogens (tertiary/aromatic N) is 4. The summed E-state index contributed by atoms with van der Waals surface area (Å²) in [7, 11) is 0. The van der Waals surface area contributed by atoms with Gasteiger partial charge in [-0.25, -0.2) is 4.98 Å². The lowest BCUT2D eigenvalue weighted by atomic mass is 10.1. The van der Waals surface area contributed by atoms with Gasteiger partial charge in [-0.05, 0) is 30.5 Å². The quantitative estimate of drug-likeness (QED) is 0.900. The van der Waals surface area contributed by atoms with Gasteiger partial charge in [-0.1, -0.05) is 26.0 Å². The van der Waals surface area contributed by atoms with Crippen molar-refractivity contribution in [1.29, 1.82) is 5.26 Å². The predicted molar refractivity (Wildman–Crippen MR) is 77.1 cm³/mol. The van der Waals surface area contributed by atoms with Crippen molar-refractivity contribution in [2.24, 2.45) is 0 Å². The SMILES string of the molecule is CCc1nnc(NCc2cccc(C#N)c2)nc1CC. The van der Waals surface area contributed by atoms with Crippen LogP contribution in [-0.4, -0.2) is 15.2 Å². The van der Waals surface area contributed by atoms with Crippen molar-refractivity contribution in [1.82, 2.24) is 15.2 Å². The van der Waals surface area contributed by atoms with Crippen LogP contribution in [0.4, 0.5) is 5.95 Å². The van der Waals surface area contributed by atoms with Crippen LogP contribution < -0.4 is 5.32 Å². The summed E-state index contributed by atoms with van der Waals surface area (Å²) in [5, 5.41) is 20.3. The van der Waals surface area contributed by atoms with Crippen molar-refractivity contribution in [3.63, 3.8) is 0 Å². The topological polar surface area (TPSA) is 74.5 Å². The molecule has 1 aromatic heterocycles. The molecule has 5 heteroatoms. The molecular formula is C15H17N5. The minimum atomic E-state index is 0.529. The number of nitriles is 1. The highest BCUT2D eigenvalue weighted by molar-refractivity contribution is 5.35. The minimum absolute atomic E-state index is 0.529. The molecule has 5 nitrogen and oxygen atoms in total. The Balaban J connectivity index is 2.09. The van der Waals surface area contributed by atoms with Crippen LogP contribution >= 0.6 is 0 Å². The first-order valence-electron chi connectivity index (χ1n) is 6.72. The summed E-state index contributed by atoms with van der Waals surface area (Å²) in [5.74, 6) is 0.529. The van der Waals surface area contributed by atoms with Crippen LogP contribution in [0.15, 0.2) is 24.3 Å². The lowest BCUT2D eigenvalue weighted by molar-refractivity contribution is 0.819. The van der Waals surface area contributed by atoms with Gasteiger partial charge in [0, 0.05) is 6.54 Å². The number of nitrogens with one attached hydrogen (secondary N) is 1. The maximum absolute atomic E-state index is 8.87. The van der Waals surface area contributed by atoms with Crippen molar-refractivity contribution in [2.45, 2.75) is 33.2 Å². The van der Waals surface area contributed by atoms with E-state index in [1.54, 1.807) is 6.07 Å². The Morgan fingerprint density at radius 3 is 2.65 bits per heavy atom. The van der Waals surface area contributed by atoms with Crippen LogP contribution in [0, 0.1) is 11.3 Å². The molecule has 0 bridgehead atoms. The molecule has 0 aliphatic carbocycles. The fourth-order valence-electron chi connectivity index (χ4n) is 1.94. The van der Waals surface area contributed by atoms with Gasteiger partial charge in [0.25, 0.3) is 0 Å². The van der Waals surface area contributed by atoms with E-state index >= 15 is 0 Å². The number of hydrogen-bond acceptors (Lipinski definition) is 5. The number of benzene rings is 1. The van der Waals surface area contributed by atoms with Crippen molar-refractivity contribution in [2.75, 3.05) is 5.32 Å². The number of hydrogen-bond donors (Lipinski definition) is 1. The summed E-state index contributed by atoms with van der Waals surface area (Å²) >= 11 is 0. The summed E-state index contributed by atoms with van der Waals surface area (Å²) in [5.41, 5.74) is 3.60. The highest BCUT2D eigenvalue weighted by Crippen LogP contribution is 2.09. The van der Waals surface area contributed by atoms with Gasteiger partial charge in [-0.3, -0.25) is 0 Å². The van der Waals surface area contributed by atoms with Crippen LogP contribution in [0.1, 0.15) is 36.4 Å². The second kappa shape index (κ2) is 6.62. The molecule has 0 amide bonds.